The van der Waals surface area contributed by atoms with Crippen molar-refractivity contribution in [2.75, 3.05) is 13.1 Å². The number of fused-ring (bicyclic) bond motifs is 1. The van der Waals surface area contributed by atoms with Crippen molar-refractivity contribution in [1.29, 1.82) is 0 Å². The summed E-state index contributed by atoms with van der Waals surface area (Å²) in [6, 6.07) is 0. The van der Waals surface area contributed by atoms with Gasteiger partial charge in [-0.2, -0.15) is 0 Å². The quantitative estimate of drug-likeness (QED) is 0.843. The third-order valence-electron chi connectivity index (χ3n) is 3.80. The van der Waals surface area contributed by atoms with Crippen molar-refractivity contribution in [3.8, 4) is 0 Å². The molecule has 0 aromatic carbocycles. The van der Waals surface area contributed by atoms with Crippen molar-refractivity contribution in [3.05, 3.63) is 11.6 Å². The molecule has 2 aliphatic rings. The van der Waals surface area contributed by atoms with Gasteiger partial charge in [0.15, 0.2) is 0 Å². The van der Waals surface area contributed by atoms with Crippen LogP contribution in [0, 0.1) is 5.92 Å². The highest BCUT2D eigenvalue weighted by atomic mass is 16.4. The van der Waals surface area contributed by atoms with Crippen molar-refractivity contribution in [3.63, 3.8) is 0 Å². The summed E-state index contributed by atoms with van der Waals surface area (Å²) in [6.07, 6.45) is 3.74. The van der Waals surface area contributed by atoms with Gasteiger partial charge in [-0.1, -0.05) is 0 Å². The number of hydrogen-bond acceptors (Lipinski definition) is 4. The zero-order chi connectivity index (χ0) is 12.5. The molecule has 1 fully saturated rings. The molecule has 0 bridgehead atoms. The smallest absolute Gasteiger partial charge is 0.303 e. The van der Waals surface area contributed by atoms with Crippen LogP contribution < -0.4 is 0 Å². The lowest BCUT2D eigenvalue weighted by molar-refractivity contribution is -0.139. The second-order valence-electron chi connectivity index (χ2n) is 5.30. The number of aliphatic carboxylic acids is 1. The Morgan fingerprint density at radius 1 is 1.33 bits per heavy atom. The molecule has 98 valence electrons. The highest BCUT2D eigenvalue weighted by molar-refractivity contribution is 5.67. The van der Waals surface area contributed by atoms with E-state index in [2.05, 4.69) is 19.7 Å². The van der Waals surface area contributed by atoms with Gasteiger partial charge < -0.3 is 9.67 Å². The molecule has 0 atom stereocenters. The Bertz CT molecular complexity index is 451. The van der Waals surface area contributed by atoms with Crippen molar-refractivity contribution in [1.82, 2.24) is 19.7 Å². The van der Waals surface area contributed by atoms with E-state index in [0.717, 1.165) is 44.2 Å². The molecule has 3 rings (SSSR count). The molecular weight excluding hydrogens is 232 g/mol. The second-order valence-corrected chi connectivity index (χ2v) is 5.30. The average molecular weight is 250 g/mol. The SMILES string of the molecule is O=C(O)CC1CN(Cc2nnc3n2CCCC3)C1. The third-order valence-corrected chi connectivity index (χ3v) is 3.80. The van der Waals surface area contributed by atoms with Crippen LogP contribution in [0.4, 0.5) is 0 Å². The van der Waals surface area contributed by atoms with E-state index in [-0.39, 0.29) is 6.42 Å². The van der Waals surface area contributed by atoms with E-state index in [9.17, 15) is 4.79 Å². The number of carboxylic acid groups (broad SMARTS) is 1. The van der Waals surface area contributed by atoms with E-state index in [1.807, 2.05) is 0 Å². The van der Waals surface area contributed by atoms with Gasteiger partial charge in [-0.05, 0) is 18.8 Å². The van der Waals surface area contributed by atoms with E-state index >= 15 is 0 Å². The maximum atomic E-state index is 10.6. The largest absolute Gasteiger partial charge is 0.481 e. The fourth-order valence-electron chi connectivity index (χ4n) is 2.87. The molecule has 0 unspecified atom stereocenters. The molecule has 1 N–H and O–H groups in total. The highest BCUT2D eigenvalue weighted by Crippen LogP contribution is 2.22. The van der Waals surface area contributed by atoms with Crippen molar-refractivity contribution < 1.29 is 9.90 Å². The van der Waals surface area contributed by atoms with E-state index in [0.29, 0.717) is 5.92 Å². The molecule has 0 aliphatic carbocycles. The number of hydrogen-bond donors (Lipinski definition) is 1. The second kappa shape index (κ2) is 4.68. The Morgan fingerprint density at radius 2 is 2.17 bits per heavy atom. The third kappa shape index (κ3) is 2.25. The Labute approximate surface area is 106 Å². The van der Waals surface area contributed by atoms with Gasteiger partial charge in [-0.25, -0.2) is 0 Å². The zero-order valence-corrected chi connectivity index (χ0v) is 10.4. The molecule has 2 aliphatic heterocycles. The minimum absolute atomic E-state index is 0.286. The van der Waals surface area contributed by atoms with E-state index in [1.165, 1.54) is 12.8 Å². The van der Waals surface area contributed by atoms with Gasteiger partial charge >= 0.3 is 5.97 Å². The number of carbonyl (C=O) groups is 1. The Hall–Kier alpha value is -1.43. The number of rotatable bonds is 4. The molecule has 18 heavy (non-hydrogen) atoms. The summed E-state index contributed by atoms with van der Waals surface area (Å²) in [5.74, 6) is 1.77. The van der Waals surface area contributed by atoms with Crippen LogP contribution in [0.2, 0.25) is 0 Å². The highest BCUT2D eigenvalue weighted by Gasteiger charge is 2.30. The first kappa shape index (κ1) is 11.6. The Balaban J connectivity index is 1.55. The first-order valence-corrected chi connectivity index (χ1v) is 6.57. The molecular formula is C12H18N4O2. The topological polar surface area (TPSA) is 71.2 Å². The number of aryl methyl sites for hydroxylation is 1. The van der Waals surface area contributed by atoms with Gasteiger partial charge in [0, 0.05) is 26.1 Å². The first-order valence-electron chi connectivity index (χ1n) is 6.57. The van der Waals surface area contributed by atoms with Crippen molar-refractivity contribution in [2.45, 2.75) is 38.8 Å². The van der Waals surface area contributed by atoms with Gasteiger partial charge in [-0.15, -0.1) is 10.2 Å². The number of likely N-dealkylation sites (tertiary alicyclic amines) is 1. The lowest BCUT2D eigenvalue weighted by atomic mass is 9.96. The summed E-state index contributed by atoms with van der Waals surface area (Å²) in [5.41, 5.74) is 0. The normalized spacial score (nSPS) is 20.4. The maximum absolute atomic E-state index is 10.6. The molecule has 0 saturated carbocycles. The molecule has 0 spiro atoms. The Morgan fingerprint density at radius 3 is 2.94 bits per heavy atom. The van der Waals surface area contributed by atoms with Crippen molar-refractivity contribution >= 4 is 5.97 Å². The molecule has 1 aromatic heterocycles. The predicted molar refractivity (Wildman–Crippen MR) is 64.0 cm³/mol. The molecule has 1 saturated heterocycles. The lowest BCUT2D eigenvalue weighted by Crippen LogP contribution is -2.47. The maximum Gasteiger partial charge on any atom is 0.303 e. The molecule has 6 nitrogen and oxygen atoms in total. The van der Waals surface area contributed by atoms with Gasteiger partial charge in [-0.3, -0.25) is 9.69 Å². The summed E-state index contributed by atoms with van der Waals surface area (Å²) < 4.78 is 2.23. The minimum Gasteiger partial charge on any atom is -0.481 e. The minimum atomic E-state index is -0.695. The fraction of sp³-hybridized carbons (Fsp3) is 0.750. The average Bonchev–Trinajstić information content (AvgIpc) is 2.69. The lowest BCUT2D eigenvalue weighted by Gasteiger charge is -2.38. The molecule has 3 heterocycles. The standard InChI is InChI=1S/C12H18N4O2/c17-12(18)5-9-6-15(7-9)8-11-14-13-10-3-1-2-4-16(10)11/h9H,1-8H2,(H,17,18). The van der Waals surface area contributed by atoms with Crippen LogP contribution >= 0.6 is 0 Å². The van der Waals surface area contributed by atoms with Crippen LogP contribution in [-0.2, 0) is 24.3 Å². The summed E-state index contributed by atoms with van der Waals surface area (Å²) in [6.45, 7) is 3.58. The van der Waals surface area contributed by atoms with Crippen LogP contribution in [0.25, 0.3) is 0 Å². The zero-order valence-electron chi connectivity index (χ0n) is 10.4. The fourth-order valence-corrected chi connectivity index (χ4v) is 2.87. The molecule has 0 radical (unpaired) electrons. The van der Waals surface area contributed by atoms with Crippen LogP contribution in [0.15, 0.2) is 0 Å². The van der Waals surface area contributed by atoms with Gasteiger partial charge in [0.05, 0.1) is 13.0 Å². The first-order chi connectivity index (χ1) is 8.72. The number of nitrogens with zero attached hydrogens (tertiary/aromatic N) is 4. The Kier molecular flexibility index (Phi) is 3.03. The van der Waals surface area contributed by atoms with Gasteiger partial charge in [0.1, 0.15) is 11.6 Å². The monoisotopic (exact) mass is 250 g/mol. The van der Waals surface area contributed by atoms with Crippen LogP contribution in [0.3, 0.4) is 0 Å². The predicted octanol–water partition coefficient (Wildman–Crippen LogP) is 0.521. The summed E-state index contributed by atoms with van der Waals surface area (Å²) in [7, 11) is 0. The summed E-state index contributed by atoms with van der Waals surface area (Å²) >= 11 is 0. The van der Waals surface area contributed by atoms with E-state index in [4.69, 9.17) is 5.11 Å². The molecule has 6 heteroatoms. The van der Waals surface area contributed by atoms with Gasteiger partial charge in [0.25, 0.3) is 0 Å². The van der Waals surface area contributed by atoms with E-state index < -0.39 is 5.97 Å². The van der Waals surface area contributed by atoms with E-state index in [1.54, 1.807) is 0 Å². The van der Waals surface area contributed by atoms with Crippen molar-refractivity contribution in [2.24, 2.45) is 5.92 Å². The summed E-state index contributed by atoms with van der Waals surface area (Å²) in [5, 5.41) is 17.2. The van der Waals surface area contributed by atoms with Crippen LogP contribution in [-0.4, -0.2) is 43.8 Å². The molecule has 1 aromatic rings. The number of aromatic nitrogens is 3. The summed E-state index contributed by atoms with van der Waals surface area (Å²) in [4.78, 5) is 12.8. The number of carboxylic acids is 1. The van der Waals surface area contributed by atoms with Crippen LogP contribution in [0.1, 0.15) is 30.9 Å². The van der Waals surface area contributed by atoms with Crippen LogP contribution in [0.5, 0.6) is 0 Å². The molecule has 0 amide bonds. The van der Waals surface area contributed by atoms with Gasteiger partial charge in [0.2, 0.25) is 0 Å².